The number of nitrogens with zero attached hydrogens (tertiary/aromatic N) is 1. The Bertz CT molecular complexity index is 323. The van der Waals surface area contributed by atoms with E-state index in [4.69, 9.17) is 4.74 Å². The molecule has 19 heavy (non-hydrogen) atoms. The fraction of sp³-hybridized carbons (Fsp3) is 0.933. The van der Waals surface area contributed by atoms with Crippen LogP contribution in [0.15, 0.2) is 0 Å². The van der Waals surface area contributed by atoms with Gasteiger partial charge in [-0.15, -0.1) is 0 Å². The molecule has 0 spiro atoms. The Balaban J connectivity index is 2.02. The third kappa shape index (κ3) is 3.11. The summed E-state index contributed by atoms with van der Waals surface area (Å²) in [5.74, 6) is 0.0596. The van der Waals surface area contributed by atoms with Gasteiger partial charge in [-0.25, -0.2) is 0 Å². The van der Waals surface area contributed by atoms with Crippen molar-refractivity contribution in [2.75, 3.05) is 20.2 Å². The number of likely N-dealkylation sites (N-methyl/N-ethyl adjacent to an activating group) is 1. The molecule has 4 nitrogen and oxygen atoms in total. The summed E-state index contributed by atoms with van der Waals surface area (Å²) in [6.45, 7) is 5.77. The van der Waals surface area contributed by atoms with Crippen molar-refractivity contribution in [2.24, 2.45) is 11.3 Å². The Morgan fingerprint density at radius 1 is 1.32 bits per heavy atom. The molecule has 1 saturated carbocycles. The van der Waals surface area contributed by atoms with Crippen LogP contribution >= 0.6 is 0 Å². The minimum absolute atomic E-state index is 0.221. The first-order valence-corrected chi connectivity index (χ1v) is 7.50. The molecule has 0 radical (unpaired) electrons. The van der Waals surface area contributed by atoms with Gasteiger partial charge in [0.2, 0.25) is 0 Å². The van der Waals surface area contributed by atoms with Gasteiger partial charge in [0.25, 0.3) is 0 Å². The van der Waals surface area contributed by atoms with Crippen LogP contribution in [0.25, 0.3) is 0 Å². The van der Waals surface area contributed by atoms with Crippen molar-refractivity contribution in [1.82, 2.24) is 4.90 Å². The summed E-state index contributed by atoms with van der Waals surface area (Å²) in [5, 5.41) is 9.67. The first kappa shape index (κ1) is 14.8. The maximum absolute atomic E-state index is 11.8. The minimum Gasteiger partial charge on any atom is -0.481 e. The maximum Gasteiger partial charge on any atom is 0.310 e. The molecule has 1 heterocycles. The second-order valence-electron chi connectivity index (χ2n) is 6.62. The summed E-state index contributed by atoms with van der Waals surface area (Å²) >= 11 is 0. The summed E-state index contributed by atoms with van der Waals surface area (Å²) in [5.41, 5.74) is -0.538. The van der Waals surface area contributed by atoms with Crippen LogP contribution < -0.4 is 0 Å². The molecule has 0 aromatic carbocycles. The van der Waals surface area contributed by atoms with Crippen molar-refractivity contribution in [3.63, 3.8) is 0 Å². The van der Waals surface area contributed by atoms with Crippen molar-refractivity contribution < 1.29 is 14.6 Å². The minimum atomic E-state index is -0.613. The van der Waals surface area contributed by atoms with Gasteiger partial charge in [-0.05, 0) is 52.0 Å². The van der Waals surface area contributed by atoms with E-state index in [0.717, 1.165) is 38.7 Å². The van der Waals surface area contributed by atoms with Crippen LogP contribution in [0.1, 0.15) is 46.0 Å². The molecular formula is C15H27NO3. The Hall–Kier alpha value is -0.610. The van der Waals surface area contributed by atoms with E-state index in [2.05, 4.69) is 25.8 Å². The summed E-state index contributed by atoms with van der Waals surface area (Å²) in [7, 11) is 2.05. The molecular weight excluding hydrogens is 242 g/mol. The molecule has 2 aliphatic rings. The molecule has 2 atom stereocenters. The highest BCUT2D eigenvalue weighted by Crippen LogP contribution is 2.40. The number of carbonyl (C=O) groups is 1. The van der Waals surface area contributed by atoms with Gasteiger partial charge in [-0.3, -0.25) is 9.69 Å². The Morgan fingerprint density at radius 2 is 1.95 bits per heavy atom. The second kappa shape index (κ2) is 5.80. The zero-order chi connectivity index (χ0) is 14.0. The molecule has 0 amide bonds. The second-order valence-corrected chi connectivity index (χ2v) is 6.62. The van der Waals surface area contributed by atoms with Gasteiger partial charge < -0.3 is 9.84 Å². The fourth-order valence-corrected chi connectivity index (χ4v) is 3.65. The molecule has 1 aliphatic carbocycles. The largest absolute Gasteiger partial charge is 0.481 e. The van der Waals surface area contributed by atoms with E-state index >= 15 is 0 Å². The molecule has 1 N–H and O–H groups in total. The van der Waals surface area contributed by atoms with Gasteiger partial charge in [0.15, 0.2) is 0 Å². The number of carboxylic acid groups (broad SMARTS) is 1. The Labute approximate surface area is 116 Å². The predicted octanol–water partition coefficient (Wildman–Crippen LogP) is 2.38. The molecule has 2 fully saturated rings. The smallest absolute Gasteiger partial charge is 0.310 e. The highest BCUT2D eigenvalue weighted by Gasteiger charge is 2.43. The molecule has 110 valence electrons. The van der Waals surface area contributed by atoms with Crippen LogP contribution in [0.2, 0.25) is 0 Å². The van der Waals surface area contributed by atoms with Crippen LogP contribution in [0.4, 0.5) is 0 Å². The number of carboxylic acids is 1. The number of aliphatic carboxylic acids is 1. The standard InChI is InChI=1S/C15H27NO3/c1-11-4-7-15(8-5-11,14(17)18)10-16(3)13-6-9-19-12(13)2/h11-13H,4-10H2,1-3H3,(H,17,18). The molecule has 1 saturated heterocycles. The van der Waals surface area contributed by atoms with E-state index in [1.807, 2.05) is 0 Å². The summed E-state index contributed by atoms with van der Waals surface area (Å²) in [6, 6.07) is 0.371. The van der Waals surface area contributed by atoms with Crippen LogP contribution in [-0.2, 0) is 9.53 Å². The lowest BCUT2D eigenvalue weighted by Gasteiger charge is -2.40. The van der Waals surface area contributed by atoms with Crippen molar-refractivity contribution >= 4 is 5.97 Å². The van der Waals surface area contributed by atoms with E-state index in [1.54, 1.807) is 0 Å². The summed E-state index contributed by atoms with van der Waals surface area (Å²) in [4.78, 5) is 14.0. The summed E-state index contributed by atoms with van der Waals surface area (Å²) in [6.07, 6.45) is 4.95. The first-order valence-electron chi connectivity index (χ1n) is 7.50. The van der Waals surface area contributed by atoms with Crippen LogP contribution in [-0.4, -0.2) is 48.3 Å². The Kier molecular flexibility index (Phi) is 4.51. The van der Waals surface area contributed by atoms with Crippen molar-refractivity contribution in [1.29, 1.82) is 0 Å². The van der Waals surface area contributed by atoms with Crippen molar-refractivity contribution in [3.05, 3.63) is 0 Å². The average molecular weight is 269 g/mol. The van der Waals surface area contributed by atoms with E-state index in [0.29, 0.717) is 18.5 Å². The number of ether oxygens (including phenoxy) is 1. The van der Waals surface area contributed by atoms with Crippen LogP contribution in [0, 0.1) is 11.3 Å². The number of rotatable bonds is 4. The molecule has 0 aromatic rings. The van der Waals surface area contributed by atoms with Crippen molar-refractivity contribution in [3.8, 4) is 0 Å². The molecule has 4 heteroatoms. The molecule has 2 rings (SSSR count). The lowest BCUT2D eigenvalue weighted by molar-refractivity contribution is -0.153. The zero-order valence-corrected chi connectivity index (χ0v) is 12.4. The summed E-state index contributed by atoms with van der Waals surface area (Å²) < 4.78 is 5.60. The van der Waals surface area contributed by atoms with Crippen molar-refractivity contribution in [2.45, 2.75) is 58.1 Å². The van der Waals surface area contributed by atoms with Gasteiger partial charge in [-0.2, -0.15) is 0 Å². The highest BCUT2D eigenvalue weighted by molar-refractivity contribution is 5.75. The molecule has 2 unspecified atom stereocenters. The first-order chi connectivity index (χ1) is 8.94. The third-order valence-corrected chi connectivity index (χ3v) is 5.14. The lowest BCUT2D eigenvalue weighted by atomic mass is 9.70. The topological polar surface area (TPSA) is 49.8 Å². The van der Waals surface area contributed by atoms with Gasteiger partial charge >= 0.3 is 5.97 Å². The monoisotopic (exact) mass is 269 g/mol. The van der Waals surface area contributed by atoms with E-state index in [-0.39, 0.29) is 6.10 Å². The van der Waals surface area contributed by atoms with E-state index in [9.17, 15) is 9.90 Å². The molecule has 0 bridgehead atoms. The number of hydrogen-bond donors (Lipinski definition) is 1. The van der Waals surface area contributed by atoms with Crippen LogP contribution in [0.5, 0.6) is 0 Å². The lowest BCUT2D eigenvalue weighted by Crippen LogP contribution is -2.48. The predicted molar refractivity (Wildman–Crippen MR) is 74.1 cm³/mol. The SMILES string of the molecule is CC1CCC(CN(C)C2CCOC2C)(C(=O)O)CC1. The zero-order valence-electron chi connectivity index (χ0n) is 12.4. The molecule has 1 aliphatic heterocycles. The van der Waals surface area contributed by atoms with Crippen LogP contribution in [0.3, 0.4) is 0 Å². The maximum atomic E-state index is 11.8. The highest BCUT2D eigenvalue weighted by atomic mass is 16.5. The third-order valence-electron chi connectivity index (χ3n) is 5.14. The van der Waals surface area contributed by atoms with Gasteiger partial charge in [0, 0.05) is 19.2 Å². The molecule has 0 aromatic heterocycles. The average Bonchev–Trinajstić information content (AvgIpc) is 2.78. The van der Waals surface area contributed by atoms with E-state index < -0.39 is 11.4 Å². The van der Waals surface area contributed by atoms with Gasteiger partial charge in [-0.1, -0.05) is 6.92 Å². The van der Waals surface area contributed by atoms with Gasteiger partial charge in [0.1, 0.15) is 0 Å². The Morgan fingerprint density at radius 3 is 2.42 bits per heavy atom. The quantitative estimate of drug-likeness (QED) is 0.851. The number of hydrogen-bond acceptors (Lipinski definition) is 3. The van der Waals surface area contributed by atoms with Gasteiger partial charge in [0.05, 0.1) is 11.5 Å². The van der Waals surface area contributed by atoms with E-state index in [1.165, 1.54) is 0 Å². The normalized spacial score (nSPS) is 39.7. The fourth-order valence-electron chi connectivity index (χ4n) is 3.65.